The molecule has 8 heavy (non-hydrogen) atoms. The van der Waals surface area contributed by atoms with E-state index in [-0.39, 0.29) is 0 Å². The predicted octanol–water partition coefficient (Wildman–Crippen LogP) is -0.813. The Balaban J connectivity index is 3.91. The number of carboxylic acid groups (broad SMARTS) is 1. The second-order valence-electron chi connectivity index (χ2n) is 1.22. The summed E-state index contributed by atoms with van der Waals surface area (Å²) in [6.07, 6.45) is 0. The van der Waals surface area contributed by atoms with Crippen LogP contribution in [0.25, 0.3) is 0 Å². The molecule has 0 aromatic carbocycles. The van der Waals surface area contributed by atoms with Crippen LogP contribution < -0.4 is 0 Å². The molecule has 0 fully saturated rings. The SMILES string of the molecule is O=C(O)C(O)(I)CO. The maximum absolute atomic E-state index is 9.83. The van der Waals surface area contributed by atoms with E-state index in [1.807, 2.05) is 0 Å². The van der Waals surface area contributed by atoms with Gasteiger partial charge in [-0.15, -0.1) is 0 Å². The molecule has 0 aliphatic rings. The zero-order chi connectivity index (χ0) is 6.78. The van der Waals surface area contributed by atoms with Crippen molar-refractivity contribution in [3.05, 3.63) is 0 Å². The number of carbonyl (C=O) groups is 1. The highest BCUT2D eigenvalue weighted by atomic mass is 127. The van der Waals surface area contributed by atoms with Gasteiger partial charge in [-0.2, -0.15) is 0 Å². The quantitative estimate of drug-likeness (QED) is 0.429. The number of aliphatic hydroxyl groups excluding tert-OH is 1. The number of hydrogen-bond donors (Lipinski definition) is 3. The second kappa shape index (κ2) is 2.60. The molecule has 4 nitrogen and oxygen atoms in total. The molecule has 0 saturated heterocycles. The topological polar surface area (TPSA) is 77.8 Å². The zero-order valence-corrected chi connectivity index (χ0v) is 5.99. The minimum atomic E-state index is -2.02. The van der Waals surface area contributed by atoms with E-state index in [2.05, 4.69) is 0 Å². The van der Waals surface area contributed by atoms with Crippen molar-refractivity contribution in [3.8, 4) is 0 Å². The summed E-state index contributed by atoms with van der Waals surface area (Å²) in [5, 5.41) is 24.7. The fourth-order valence-corrected chi connectivity index (χ4v) is 0.0676. The van der Waals surface area contributed by atoms with E-state index in [0.717, 1.165) is 0 Å². The van der Waals surface area contributed by atoms with Gasteiger partial charge in [0.25, 0.3) is 0 Å². The third-order valence-electron chi connectivity index (χ3n) is 0.537. The van der Waals surface area contributed by atoms with Crippen LogP contribution in [0.15, 0.2) is 0 Å². The lowest BCUT2D eigenvalue weighted by molar-refractivity contribution is -0.150. The summed E-state index contributed by atoms with van der Waals surface area (Å²) in [6, 6.07) is 0. The molecule has 0 saturated carbocycles. The van der Waals surface area contributed by atoms with Crippen molar-refractivity contribution >= 4 is 28.6 Å². The minimum Gasteiger partial charge on any atom is -0.478 e. The van der Waals surface area contributed by atoms with Crippen LogP contribution in [0.2, 0.25) is 0 Å². The van der Waals surface area contributed by atoms with Gasteiger partial charge < -0.3 is 15.3 Å². The first-order valence-corrected chi connectivity index (χ1v) is 2.84. The molecule has 0 amide bonds. The number of hydrogen-bond acceptors (Lipinski definition) is 3. The molecule has 0 aliphatic heterocycles. The molecule has 0 spiro atoms. The van der Waals surface area contributed by atoms with Crippen molar-refractivity contribution in [2.24, 2.45) is 0 Å². The van der Waals surface area contributed by atoms with Crippen LogP contribution in [-0.4, -0.2) is 31.5 Å². The molecule has 0 rings (SSSR count). The van der Waals surface area contributed by atoms with E-state index < -0.39 is 16.2 Å². The van der Waals surface area contributed by atoms with Crippen LogP contribution in [0, 0.1) is 0 Å². The van der Waals surface area contributed by atoms with Crippen LogP contribution in [-0.2, 0) is 4.79 Å². The first-order valence-electron chi connectivity index (χ1n) is 1.76. The van der Waals surface area contributed by atoms with Crippen molar-refractivity contribution in [1.29, 1.82) is 0 Å². The normalized spacial score (nSPS) is 17.4. The monoisotopic (exact) mass is 232 g/mol. The van der Waals surface area contributed by atoms with Crippen molar-refractivity contribution in [1.82, 2.24) is 0 Å². The Labute approximate surface area is 59.3 Å². The largest absolute Gasteiger partial charge is 0.478 e. The average Bonchev–Trinajstić information content (AvgIpc) is 1.67. The van der Waals surface area contributed by atoms with Gasteiger partial charge in [0.05, 0.1) is 6.61 Å². The number of aliphatic hydroxyl groups is 2. The second-order valence-corrected chi connectivity index (χ2v) is 3.01. The molecule has 0 radical (unpaired) electrons. The fourth-order valence-electron chi connectivity index (χ4n) is 0.0676. The molecule has 3 N–H and O–H groups in total. The molecular weight excluding hydrogens is 227 g/mol. The van der Waals surface area contributed by atoms with E-state index in [9.17, 15) is 4.79 Å². The van der Waals surface area contributed by atoms with Gasteiger partial charge in [0.2, 0.25) is 3.61 Å². The maximum Gasteiger partial charge on any atom is 0.348 e. The Bertz CT molecular complexity index is 99.5. The van der Waals surface area contributed by atoms with E-state index >= 15 is 0 Å². The standard InChI is InChI=1S/C3H5IO4/c4-3(8,1-5)2(6)7/h5,8H,1H2,(H,6,7). The lowest BCUT2D eigenvalue weighted by atomic mass is 10.4. The molecule has 0 aromatic heterocycles. The highest BCUT2D eigenvalue weighted by molar-refractivity contribution is 14.1. The van der Waals surface area contributed by atoms with Crippen LogP contribution in [0.3, 0.4) is 0 Å². The van der Waals surface area contributed by atoms with Gasteiger partial charge in [-0.05, 0) is 22.6 Å². The third kappa shape index (κ3) is 1.93. The van der Waals surface area contributed by atoms with Gasteiger partial charge in [0.15, 0.2) is 0 Å². The van der Waals surface area contributed by atoms with Gasteiger partial charge in [0.1, 0.15) is 0 Å². The lowest BCUT2D eigenvalue weighted by Gasteiger charge is -2.09. The van der Waals surface area contributed by atoms with Gasteiger partial charge in [0, 0.05) is 0 Å². The van der Waals surface area contributed by atoms with Crippen LogP contribution in [0.4, 0.5) is 0 Å². The van der Waals surface area contributed by atoms with E-state index in [1.54, 1.807) is 0 Å². The van der Waals surface area contributed by atoms with Crippen LogP contribution >= 0.6 is 22.6 Å². The highest BCUT2D eigenvalue weighted by Crippen LogP contribution is 2.12. The van der Waals surface area contributed by atoms with Gasteiger partial charge >= 0.3 is 5.97 Å². The third-order valence-corrected chi connectivity index (χ3v) is 1.34. The van der Waals surface area contributed by atoms with Gasteiger partial charge in [-0.1, -0.05) is 0 Å². The molecule has 0 bridgehead atoms. The summed E-state index contributed by atoms with van der Waals surface area (Å²) in [7, 11) is 0. The summed E-state index contributed by atoms with van der Waals surface area (Å²) in [5.41, 5.74) is 0. The number of rotatable bonds is 2. The minimum absolute atomic E-state index is 0.775. The Hall–Kier alpha value is 0.120. The van der Waals surface area contributed by atoms with E-state index in [4.69, 9.17) is 15.3 Å². The number of halogens is 1. The smallest absolute Gasteiger partial charge is 0.348 e. The van der Waals surface area contributed by atoms with Crippen LogP contribution in [0.5, 0.6) is 0 Å². The molecular formula is C3H5IO4. The molecule has 5 heteroatoms. The van der Waals surface area contributed by atoms with Crippen molar-refractivity contribution in [3.63, 3.8) is 0 Å². The molecule has 0 heterocycles. The van der Waals surface area contributed by atoms with Gasteiger partial charge in [-0.3, -0.25) is 0 Å². The molecule has 1 unspecified atom stereocenters. The molecule has 48 valence electrons. The van der Waals surface area contributed by atoms with Gasteiger partial charge in [-0.25, -0.2) is 4.79 Å². The Morgan fingerprint density at radius 3 is 2.12 bits per heavy atom. The number of carboxylic acids is 1. The highest BCUT2D eigenvalue weighted by Gasteiger charge is 2.30. The predicted molar refractivity (Wildman–Crippen MR) is 33.7 cm³/mol. The maximum atomic E-state index is 9.83. The van der Waals surface area contributed by atoms with Crippen molar-refractivity contribution < 1.29 is 20.1 Å². The summed E-state index contributed by atoms with van der Waals surface area (Å²) >= 11 is 1.24. The first-order chi connectivity index (χ1) is 3.50. The van der Waals surface area contributed by atoms with Crippen molar-refractivity contribution in [2.45, 2.75) is 3.61 Å². The summed E-state index contributed by atoms with van der Waals surface area (Å²) in [4.78, 5) is 9.83. The Morgan fingerprint density at radius 1 is 1.75 bits per heavy atom. The summed E-state index contributed by atoms with van der Waals surface area (Å²) < 4.78 is -2.02. The molecule has 1 atom stereocenters. The number of aliphatic carboxylic acids is 1. The van der Waals surface area contributed by atoms with E-state index in [1.165, 1.54) is 22.6 Å². The summed E-state index contributed by atoms with van der Waals surface area (Å²) in [6.45, 7) is -0.775. The zero-order valence-electron chi connectivity index (χ0n) is 3.83. The summed E-state index contributed by atoms with van der Waals surface area (Å²) in [5.74, 6) is -1.43. The number of alkyl halides is 1. The molecule has 0 aliphatic carbocycles. The first kappa shape index (κ1) is 8.12. The lowest BCUT2D eigenvalue weighted by Crippen LogP contribution is -2.34. The van der Waals surface area contributed by atoms with Crippen molar-refractivity contribution in [2.75, 3.05) is 6.61 Å². The van der Waals surface area contributed by atoms with Crippen LogP contribution in [0.1, 0.15) is 0 Å². The Morgan fingerprint density at radius 2 is 2.12 bits per heavy atom. The Kier molecular flexibility index (Phi) is 2.64. The fraction of sp³-hybridized carbons (Fsp3) is 0.667. The molecule has 0 aromatic rings. The average molecular weight is 232 g/mol. The van der Waals surface area contributed by atoms with E-state index in [0.29, 0.717) is 0 Å².